The number of pyridine rings is 1. The summed E-state index contributed by atoms with van der Waals surface area (Å²) < 4.78 is 0. The van der Waals surface area contributed by atoms with Gasteiger partial charge in [0.2, 0.25) is 0 Å². The number of aliphatic carboxylic acids is 1. The summed E-state index contributed by atoms with van der Waals surface area (Å²) in [7, 11) is 0. The second-order valence-electron chi connectivity index (χ2n) is 2.54. The molecule has 0 saturated heterocycles. The summed E-state index contributed by atoms with van der Waals surface area (Å²) in [6.07, 6.45) is 1.54. The monoisotopic (exact) mass is 200 g/mol. The van der Waals surface area contributed by atoms with Gasteiger partial charge in [0, 0.05) is 6.20 Å². The summed E-state index contributed by atoms with van der Waals surface area (Å²) in [5.41, 5.74) is 0. The second kappa shape index (κ2) is 4.09. The number of nitrogens with one attached hydrogen (secondary N) is 1. The zero-order valence-corrected chi connectivity index (χ0v) is 7.75. The molecule has 0 spiro atoms. The molecule has 2 N–H and O–H groups in total. The van der Waals surface area contributed by atoms with Crippen LogP contribution in [0.15, 0.2) is 18.3 Å². The highest BCUT2D eigenvalue weighted by molar-refractivity contribution is 6.32. The number of hydrogen-bond donors (Lipinski definition) is 2. The van der Waals surface area contributed by atoms with Crippen molar-refractivity contribution in [1.82, 2.24) is 4.98 Å². The lowest BCUT2D eigenvalue weighted by Gasteiger charge is -2.10. The van der Waals surface area contributed by atoms with Gasteiger partial charge in [0.25, 0.3) is 0 Å². The number of halogens is 1. The summed E-state index contributed by atoms with van der Waals surface area (Å²) >= 11 is 5.76. The molecule has 0 unspecified atom stereocenters. The summed E-state index contributed by atoms with van der Waals surface area (Å²) in [5.74, 6) is -0.555. The average Bonchev–Trinajstić information content (AvgIpc) is 2.08. The van der Waals surface area contributed by atoms with E-state index >= 15 is 0 Å². The molecule has 0 fully saturated rings. The highest BCUT2D eigenvalue weighted by Gasteiger charge is 2.11. The Bertz CT molecular complexity index is 317. The normalized spacial score (nSPS) is 12.2. The van der Waals surface area contributed by atoms with Crippen LogP contribution in [0.5, 0.6) is 0 Å². The van der Waals surface area contributed by atoms with Crippen molar-refractivity contribution in [2.75, 3.05) is 5.32 Å². The van der Waals surface area contributed by atoms with E-state index in [0.717, 1.165) is 0 Å². The quantitative estimate of drug-likeness (QED) is 0.779. The van der Waals surface area contributed by atoms with Gasteiger partial charge in [-0.25, -0.2) is 4.98 Å². The fourth-order valence-corrected chi connectivity index (χ4v) is 0.935. The van der Waals surface area contributed by atoms with Crippen LogP contribution in [-0.2, 0) is 4.79 Å². The minimum Gasteiger partial charge on any atom is -0.480 e. The topological polar surface area (TPSA) is 62.2 Å². The highest BCUT2D eigenvalue weighted by Crippen LogP contribution is 2.17. The lowest BCUT2D eigenvalue weighted by molar-refractivity contribution is -0.137. The predicted molar refractivity (Wildman–Crippen MR) is 50.0 cm³/mol. The number of carboxylic acid groups (broad SMARTS) is 1. The van der Waals surface area contributed by atoms with Crippen LogP contribution < -0.4 is 5.32 Å². The number of carbonyl (C=O) groups is 1. The van der Waals surface area contributed by atoms with Gasteiger partial charge in [-0.05, 0) is 19.1 Å². The maximum atomic E-state index is 10.5. The summed E-state index contributed by atoms with van der Waals surface area (Å²) in [4.78, 5) is 14.4. The summed E-state index contributed by atoms with van der Waals surface area (Å²) in [6, 6.07) is 2.62. The minimum atomic E-state index is -0.943. The Morgan fingerprint density at radius 3 is 3.00 bits per heavy atom. The first-order valence-electron chi connectivity index (χ1n) is 3.71. The van der Waals surface area contributed by atoms with Crippen LogP contribution in [0.4, 0.5) is 5.82 Å². The van der Waals surface area contributed by atoms with E-state index in [9.17, 15) is 4.79 Å². The van der Waals surface area contributed by atoms with E-state index in [0.29, 0.717) is 10.8 Å². The molecular formula is C8H9ClN2O2. The Morgan fingerprint density at radius 1 is 1.77 bits per heavy atom. The molecule has 1 aromatic heterocycles. The fraction of sp³-hybridized carbons (Fsp3) is 0.250. The van der Waals surface area contributed by atoms with Crippen molar-refractivity contribution in [2.45, 2.75) is 13.0 Å². The lowest BCUT2D eigenvalue weighted by atomic mass is 10.3. The minimum absolute atomic E-state index is 0.388. The van der Waals surface area contributed by atoms with Gasteiger partial charge in [-0.15, -0.1) is 0 Å². The van der Waals surface area contributed by atoms with Gasteiger partial charge < -0.3 is 10.4 Å². The SMILES string of the molecule is C[C@@H](Nc1ncccc1Cl)C(=O)O. The van der Waals surface area contributed by atoms with Crippen molar-refractivity contribution < 1.29 is 9.90 Å². The first kappa shape index (κ1) is 9.80. The standard InChI is InChI=1S/C8H9ClN2O2/c1-5(8(12)13)11-7-6(9)3-2-4-10-7/h2-5H,1H3,(H,10,11)(H,12,13)/t5-/m1/s1. The Hall–Kier alpha value is -1.29. The molecule has 5 heteroatoms. The van der Waals surface area contributed by atoms with Crippen LogP contribution in [0.25, 0.3) is 0 Å². The Balaban J connectivity index is 2.74. The summed E-state index contributed by atoms with van der Waals surface area (Å²) in [5, 5.41) is 11.7. The van der Waals surface area contributed by atoms with Crippen LogP contribution in [-0.4, -0.2) is 22.1 Å². The highest BCUT2D eigenvalue weighted by atomic mass is 35.5. The molecule has 4 nitrogen and oxygen atoms in total. The Labute approximate surface area is 80.6 Å². The molecule has 0 aromatic carbocycles. The molecule has 0 aliphatic rings. The van der Waals surface area contributed by atoms with Crippen molar-refractivity contribution >= 4 is 23.4 Å². The smallest absolute Gasteiger partial charge is 0.325 e. The van der Waals surface area contributed by atoms with Gasteiger partial charge in [-0.2, -0.15) is 0 Å². The third kappa shape index (κ3) is 2.59. The molecule has 0 bridgehead atoms. The van der Waals surface area contributed by atoms with Crippen LogP contribution in [0, 0.1) is 0 Å². The van der Waals surface area contributed by atoms with E-state index in [1.807, 2.05) is 0 Å². The van der Waals surface area contributed by atoms with Crippen molar-refractivity contribution in [3.05, 3.63) is 23.4 Å². The first-order valence-corrected chi connectivity index (χ1v) is 4.09. The molecule has 1 atom stereocenters. The van der Waals surface area contributed by atoms with Crippen LogP contribution >= 0.6 is 11.6 Å². The maximum Gasteiger partial charge on any atom is 0.325 e. The number of rotatable bonds is 3. The average molecular weight is 201 g/mol. The number of anilines is 1. The molecule has 1 rings (SSSR count). The van der Waals surface area contributed by atoms with Crippen molar-refractivity contribution in [3.8, 4) is 0 Å². The third-order valence-corrected chi connectivity index (χ3v) is 1.79. The van der Waals surface area contributed by atoms with Gasteiger partial charge in [-0.1, -0.05) is 11.6 Å². The Morgan fingerprint density at radius 2 is 2.46 bits per heavy atom. The third-order valence-electron chi connectivity index (χ3n) is 1.48. The van der Waals surface area contributed by atoms with Crippen molar-refractivity contribution in [3.63, 3.8) is 0 Å². The van der Waals surface area contributed by atoms with E-state index in [2.05, 4.69) is 10.3 Å². The maximum absolute atomic E-state index is 10.5. The molecule has 0 amide bonds. The Kier molecular flexibility index (Phi) is 3.08. The lowest BCUT2D eigenvalue weighted by Crippen LogP contribution is -2.25. The van der Waals surface area contributed by atoms with Crippen LogP contribution in [0.3, 0.4) is 0 Å². The molecule has 0 radical (unpaired) electrons. The molecular weight excluding hydrogens is 192 g/mol. The van der Waals surface area contributed by atoms with E-state index < -0.39 is 12.0 Å². The van der Waals surface area contributed by atoms with Gasteiger partial charge in [0.15, 0.2) is 0 Å². The van der Waals surface area contributed by atoms with Gasteiger partial charge in [0.05, 0.1) is 5.02 Å². The van der Waals surface area contributed by atoms with Crippen LogP contribution in [0.2, 0.25) is 5.02 Å². The van der Waals surface area contributed by atoms with E-state index in [-0.39, 0.29) is 0 Å². The number of hydrogen-bond acceptors (Lipinski definition) is 3. The largest absolute Gasteiger partial charge is 0.480 e. The van der Waals surface area contributed by atoms with E-state index in [4.69, 9.17) is 16.7 Å². The molecule has 0 aliphatic carbocycles. The predicted octanol–water partition coefficient (Wildman–Crippen LogP) is 1.62. The second-order valence-corrected chi connectivity index (χ2v) is 2.95. The fourth-order valence-electron chi connectivity index (χ4n) is 0.759. The molecule has 0 aliphatic heterocycles. The van der Waals surface area contributed by atoms with Gasteiger partial charge in [-0.3, -0.25) is 4.79 Å². The first-order chi connectivity index (χ1) is 6.11. The number of nitrogens with zero attached hydrogens (tertiary/aromatic N) is 1. The van der Waals surface area contributed by atoms with Gasteiger partial charge in [0.1, 0.15) is 11.9 Å². The van der Waals surface area contributed by atoms with E-state index in [1.54, 1.807) is 18.3 Å². The van der Waals surface area contributed by atoms with E-state index in [1.165, 1.54) is 6.92 Å². The van der Waals surface area contributed by atoms with Gasteiger partial charge >= 0.3 is 5.97 Å². The molecule has 0 saturated carbocycles. The number of carboxylic acids is 1. The zero-order chi connectivity index (χ0) is 9.84. The van der Waals surface area contributed by atoms with Crippen LogP contribution in [0.1, 0.15) is 6.92 Å². The zero-order valence-electron chi connectivity index (χ0n) is 6.99. The summed E-state index contributed by atoms with van der Waals surface area (Å²) in [6.45, 7) is 1.52. The van der Waals surface area contributed by atoms with Crippen molar-refractivity contribution in [1.29, 1.82) is 0 Å². The van der Waals surface area contributed by atoms with Crippen molar-refractivity contribution in [2.24, 2.45) is 0 Å². The number of aromatic nitrogens is 1. The molecule has 13 heavy (non-hydrogen) atoms. The molecule has 70 valence electrons. The molecule has 1 heterocycles. The molecule has 1 aromatic rings.